The number of hydrogen-bond acceptors (Lipinski definition) is 3. The Morgan fingerprint density at radius 2 is 2.08 bits per heavy atom. The quantitative estimate of drug-likeness (QED) is 0.578. The number of aromatic carboxylic acids is 1. The van der Waals surface area contributed by atoms with Crippen LogP contribution in [-0.2, 0) is 0 Å². The Morgan fingerprint density at radius 3 is 2.65 bits per heavy atom. The van der Waals surface area contributed by atoms with E-state index in [0.29, 0.717) is 5.56 Å². The predicted molar refractivity (Wildman–Crippen MR) is 105 cm³/mol. The topological polar surface area (TPSA) is 77.8 Å². The molecule has 4 heteroatoms. The highest BCUT2D eigenvalue weighted by atomic mass is 16.4. The Kier molecular flexibility index (Phi) is 6.30. The van der Waals surface area contributed by atoms with Crippen LogP contribution in [0.15, 0.2) is 35.9 Å². The molecule has 1 aliphatic carbocycles. The van der Waals surface area contributed by atoms with Gasteiger partial charge in [0.25, 0.3) is 0 Å². The zero-order valence-electron chi connectivity index (χ0n) is 15.7. The van der Waals surface area contributed by atoms with Crippen LogP contribution in [-0.4, -0.2) is 21.3 Å². The first kappa shape index (κ1) is 19.8. The molecule has 0 bridgehead atoms. The molecule has 4 nitrogen and oxygen atoms in total. The number of carboxylic acid groups (broad SMARTS) is 1. The molecule has 0 saturated carbocycles. The van der Waals surface area contributed by atoms with Gasteiger partial charge < -0.3 is 15.3 Å². The summed E-state index contributed by atoms with van der Waals surface area (Å²) in [7, 11) is 0. The lowest BCUT2D eigenvalue weighted by molar-refractivity contribution is 0.0693. The second-order valence-electron chi connectivity index (χ2n) is 7.15. The monoisotopic (exact) mass is 356 g/mol. The molecule has 0 unspecified atom stereocenters. The average Bonchev–Trinajstić information content (AvgIpc) is 2.54. The average molecular weight is 356 g/mol. The number of allylic oxidation sites excluding steroid dienone is 4. The second-order valence-corrected chi connectivity index (χ2v) is 7.15. The van der Waals surface area contributed by atoms with Gasteiger partial charge in [0.1, 0.15) is 17.1 Å². The van der Waals surface area contributed by atoms with Crippen LogP contribution in [0.1, 0.15) is 73.9 Å². The van der Waals surface area contributed by atoms with E-state index in [9.17, 15) is 20.1 Å². The van der Waals surface area contributed by atoms with Gasteiger partial charge in [-0.15, -0.1) is 0 Å². The zero-order chi connectivity index (χ0) is 19.4. The van der Waals surface area contributed by atoms with Gasteiger partial charge in [0.05, 0.1) is 0 Å². The molecule has 0 aromatic heterocycles. The smallest absolute Gasteiger partial charge is 0.340 e. The number of unbranched alkanes of at least 4 members (excludes halogenated alkanes) is 1. The van der Waals surface area contributed by atoms with Crippen molar-refractivity contribution in [2.45, 2.75) is 52.4 Å². The van der Waals surface area contributed by atoms with E-state index in [1.54, 1.807) is 6.08 Å². The highest BCUT2D eigenvalue weighted by Crippen LogP contribution is 2.48. The molecule has 0 aliphatic heterocycles. The largest absolute Gasteiger partial charge is 0.507 e. The number of hydrogen-bond donors (Lipinski definition) is 3. The van der Waals surface area contributed by atoms with Gasteiger partial charge in [0.15, 0.2) is 0 Å². The molecule has 1 aromatic rings. The van der Waals surface area contributed by atoms with Gasteiger partial charge in [-0.25, -0.2) is 4.79 Å². The van der Waals surface area contributed by atoms with E-state index in [4.69, 9.17) is 0 Å². The minimum Gasteiger partial charge on any atom is -0.507 e. The van der Waals surface area contributed by atoms with Gasteiger partial charge in [-0.1, -0.05) is 49.3 Å². The van der Waals surface area contributed by atoms with E-state index in [-0.39, 0.29) is 34.5 Å². The summed E-state index contributed by atoms with van der Waals surface area (Å²) < 4.78 is 0. The molecular formula is C22H28O4. The first-order valence-corrected chi connectivity index (χ1v) is 9.09. The number of aromatic hydroxyl groups is 2. The molecule has 140 valence electrons. The molecule has 0 radical (unpaired) electrons. The summed E-state index contributed by atoms with van der Waals surface area (Å²) in [6, 6.07) is 1.44. The first-order chi connectivity index (χ1) is 12.3. The summed E-state index contributed by atoms with van der Waals surface area (Å²) >= 11 is 0. The van der Waals surface area contributed by atoms with E-state index in [0.717, 1.165) is 36.8 Å². The number of carboxylic acids is 1. The van der Waals surface area contributed by atoms with Crippen LogP contribution in [0, 0.1) is 5.92 Å². The van der Waals surface area contributed by atoms with Crippen LogP contribution < -0.4 is 0 Å². The third-order valence-corrected chi connectivity index (χ3v) is 5.03. The molecule has 1 aromatic carbocycles. The summed E-state index contributed by atoms with van der Waals surface area (Å²) in [6.45, 7) is 10.0. The molecule has 26 heavy (non-hydrogen) atoms. The van der Waals surface area contributed by atoms with Crippen molar-refractivity contribution in [3.63, 3.8) is 0 Å². The number of rotatable bonds is 6. The number of benzene rings is 1. The van der Waals surface area contributed by atoms with Crippen LogP contribution in [0.4, 0.5) is 0 Å². The van der Waals surface area contributed by atoms with Crippen molar-refractivity contribution in [3.05, 3.63) is 52.6 Å². The van der Waals surface area contributed by atoms with Gasteiger partial charge in [-0.2, -0.15) is 0 Å². The molecular weight excluding hydrogens is 328 g/mol. The Bertz CT molecular complexity index is 771. The van der Waals surface area contributed by atoms with Crippen LogP contribution >= 0.6 is 0 Å². The lowest BCUT2D eigenvalue weighted by atomic mass is 9.73. The number of phenols is 2. The molecule has 1 aliphatic rings. The number of carbonyl (C=O) groups is 1. The lowest BCUT2D eigenvalue weighted by Gasteiger charge is -2.31. The van der Waals surface area contributed by atoms with Gasteiger partial charge in [-0.3, -0.25) is 0 Å². The summed E-state index contributed by atoms with van der Waals surface area (Å²) in [5.41, 5.74) is 2.55. The molecule has 0 saturated heterocycles. The second kappa shape index (κ2) is 8.26. The lowest BCUT2D eigenvalue weighted by Crippen LogP contribution is -2.18. The minimum absolute atomic E-state index is 0.0543. The Labute approximate surface area is 155 Å². The van der Waals surface area contributed by atoms with Crippen molar-refractivity contribution in [2.75, 3.05) is 0 Å². The summed E-state index contributed by atoms with van der Waals surface area (Å²) in [4.78, 5) is 11.8. The Hall–Kier alpha value is -2.49. The molecule has 0 fully saturated rings. The molecule has 0 heterocycles. The SMILES string of the molecule is C=C(C)[C@@H]1CCC(C)=C[C@H]1c1c(O)cc(/C=C/CCC)c(C(=O)O)c1O. The molecule has 3 N–H and O–H groups in total. The maximum Gasteiger partial charge on any atom is 0.340 e. The highest BCUT2D eigenvalue weighted by molar-refractivity contribution is 5.96. The van der Waals surface area contributed by atoms with E-state index in [1.807, 2.05) is 32.9 Å². The van der Waals surface area contributed by atoms with E-state index >= 15 is 0 Å². The van der Waals surface area contributed by atoms with Crippen molar-refractivity contribution < 1.29 is 20.1 Å². The normalized spacial score (nSPS) is 20.2. The van der Waals surface area contributed by atoms with Crippen molar-refractivity contribution in [1.82, 2.24) is 0 Å². The van der Waals surface area contributed by atoms with Gasteiger partial charge in [0.2, 0.25) is 0 Å². The standard InChI is InChI=1S/C22H28O4/c1-5-6-7-8-15-12-18(23)20(21(24)19(15)22(25)26)17-11-14(4)9-10-16(17)13(2)3/h7-8,11-12,16-17,23-24H,2,5-6,9-10H2,1,3-4H3,(H,25,26)/b8-7+/t16-,17+/m0/s1. The van der Waals surface area contributed by atoms with Gasteiger partial charge in [0, 0.05) is 11.5 Å². The van der Waals surface area contributed by atoms with E-state index < -0.39 is 5.97 Å². The molecule has 0 amide bonds. The fourth-order valence-corrected chi connectivity index (χ4v) is 3.66. The Morgan fingerprint density at radius 1 is 1.38 bits per heavy atom. The van der Waals surface area contributed by atoms with Gasteiger partial charge >= 0.3 is 5.97 Å². The maximum atomic E-state index is 11.8. The fourth-order valence-electron chi connectivity index (χ4n) is 3.66. The van der Waals surface area contributed by atoms with E-state index in [1.165, 1.54) is 6.07 Å². The van der Waals surface area contributed by atoms with E-state index in [2.05, 4.69) is 6.58 Å². The number of phenolic OH excluding ortho intramolecular Hbond substituents is 1. The molecule has 2 rings (SSSR count). The predicted octanol–water partition coefficient (Wildman–Crippen LogP) is 5.63. The fraction of sp³-hybridized carbons (Fsp3) is 0.409. The van der Waals surface area contributed by atoms with Crippen LogP contribution in [0.25, 0.3) is 6.08 Å². The van der Waals surface area contributed by atoms with Crippen molar-refractivity contribution in [3.8, 4) is 11.5 Å². The van der Waals surface area contributed by atoms with Crippen LogP contribution in [0.3, 0.4) is 0 Å². The minimum atomic E-state index is -1.21. The summed E-state index contributed by atoms with van der Waals surface area (Å²) in [5, 5.41) is 31.0. The maximum absolute atomic E-state index is 11.8. The highest BCUT2D eigenvalue weighted by Gasteiger charge is 2.32. The molecule has 2 atom stereocenters. The van der Waals surface area contributed by atoms with Gasteiger partial charge in [-0.05, 0) is 50.7 Å². The zero-order valence-corrected chi connectivity index (χ0v) is 15.7. The van der Waals surface area contributed by atoms with Crippen molar-refractivity contribution in [2.24, 2.45) is 5.92 Å². The van der Waals surface area contributed by atoms with Crippen molar-refractivity contribution in [1.29, 1.82) is 0 Å². The van der Waals surface area contributed by atoms with Crippen LogP contribution in [0.2, 0.25) is 0 Å². The van der Waals surface area contributed by atoms with Crippen LogP contribution in [0.5, 0.6) is 11.5 Å². The Balaban J connectivity index is 2.65. The third-order valence-electron chi connectivity index (χ3n) is 5.03. The van der Waals surface area contributed by atoms with Crippen molar-refractivity contribution >= 4 is 12.0 Å². The molecule has 0 spiro atoms. The third kappa shape index (κ3) is 4.01. The summed E-state index contributed by atoms with van der Waals surface area (Å²) in [6.07, 6.45) is 9.03. The first-order valence-electron chi connectivity index (χ1n) is 9.09. The summed E-state index contributed by atoms with van der Waals surface area (Å²) in [5.74, 6) is -1.86.